The Kier molecular flexibility index (Phi) is 7.36. The van der Waals surface area contributed by atoms with Crippen LogP contribution in [0.15, 0.2) is 23.1 Å². The van der Waals surface area contributed by atoms with Crippen molar-refractivity contribution in [1.82, 2.24) is 10.2 Å². The van der Waals surface area contributed by atoms with Crippen molar-refractivity contribution in [3.05, 3.63) is 28.2 Å². The van der Waals surface area contributed by atoms with E-state index in [0.717, 1.165) is 55.8 Å². The zero-order chi connectivity index (χ0) is 15.5. The van der Waals surface area contributed by atoms with Crippen molar-refractivity contribution in [2.24, 2.45) is 11.8 Å². The van der Waals surface area contributed by atoms with E-state index in [0.29, 0.717) is 15.8 Å². The number of amides is 1. The Morgan fingerprint density at radius 1 is 1.22 bits per heavy atom. The SMILES string of the molecule is Cl.O=C(CSc1cc(Cl)ccc1Cl)N1CC[C@@H]2CNC[C@@H]2CC1. The smallest absolute Gasteiger partial charge is 0.232 e. The number of thioether (sulfide) groups is 1. The summed E-state index contributed by atoms with van der Waals surface area (Å²) in [5, 5.41) is 4.76. The van der Waals surface area contributed by atoms with Crippen LogP contribution in [0.4, 0.5) is 0 Å². The summed E-state index contributed by atoms with van der Waals surface area (Å²) < 4.78 is 0. The van der Waals surface area contributed by atoms with Gasteiger partial charge in [0, 0.05) is 23.0 Å². The predicted octanol–water partition coefficient (Wildman–Crippen LogP) is 3.97. The van der Waals surface area contributed by atoms with E-state index < -0.39 is 0 Å². The number of carbonyl (C=O) groups excluding carboxylic acids is 1. The maximum Gasteiger partial charge on any atom is 0.232 e. The van der Waals surface area contributed by atoms with Crippen molar-refractivity contribution in [3.63, 3.8) is 0 Å². The predicted molar refractivity (Wildman–Crippen MR) is 100 cm³/mol. The summed E-state index contributed by atoms with van der Waals surface area (Å²) in [7, 11) is 0. The van der Waals surface area contributed by atoms with Gasteiger partial charge < -0.3 is 10.2 Å². The molecule has 2 atom stereocenters. The number of nitrogens with one attached hydrogen (secondary N) is 1. The quantitative estimate of drug-likeness (QED) is 0.786. The van der Waals surface area contributed by atoms with Crippen LogP contribution in [0.1, 0.15) is 12.8 Å². The number of carbonyl (C=O) groups is 1. The third-order valence-corrected chi connectivity index (χ3v) is 6.33. The molecule has 2 aliphatic rings. The van der Waals surface area contributed by atoms with Crippen LogP contribution in [0.5, 0.6) is 0 Å². The van der Waals surface area contributed by atoms with Crippen LogP contribution >= 0.6 is 47.4 Å². The Bertz CT molecular complexity index is 544. The van der Waals surface area contributed by atoms with Gasteiger partial charge >= 0.3 is 0 Å². The molecule has 0 aliphatic carbocycles. The van der Waals surface area contributed by atoms with Gasteiger partial charge in [0.25, 0.3) is 0 Å². The average Bonchev–Trinajstić information content (AvgIpc) is 2.86. The van der Waals surface area contributed by atoms with Gasteiger partial charge in [-0.3, -0.25) is 4.79 Å². The molecule has 1 N–H and O–H groups in total. The van der Waals surface area contributed by atoms with Gasteiger partial charge in [0.05, 0.1) is 10.8 Å². The number of hydrogen-bond donors (Lipinski definition) is 1. The lowest BCUT2D eigenvalue weighted by Gasteiger charge is -2.20. The van der Waals surface area contributed by atoms with Gasteiger partial charge in [-0.1, -0.05) is 23.2 Å². The largest absolute Gasteiger partial charge is 0.342 e. The molecule has 2 heterocycles. The third kappa shape index (κ3) is 4.93. The zero-order valence-electron chi connectivity index (χ0n) is 12.8. The fraction of sp³-hybridized carbons (Fsp3) is 0.562. The van der Waals surface area contributed by atoms with Crippen molar-refractivity contribution in [3.8, 4) is 0 Å². The molecule has 0 saturated carbocycles. The van der Waals surface area contributed by atoms with Crippen LogP contribution in [-0.2, 0) is 4.79 Å². The number of nitrogens with zero attached hydrogens (tertiary/aromatic N) is 1. The highest BCUT2D eigenvalue weighted by Gasteiger charge is 2.31. The zero-order valence-corrected chi connectivity index (χ0v) is 15.9. The molecule has 128 valence electrons. The van der Waals surface area contributed by atoms with Gasteiger partial charge in [0.15, 0.2) is 0 Å². The van der Waals surface area contributed by atoms with Crippen molar-refractivity contribution >= 4 is 53.3 Å². The fourth-order valence-electron chi connectivity index (χ4n) is 3.29. The van der Waals surface area contributed by atoms with E-state index in [1.807, 2.05) is 11.0 Å². The monoisotopic (exact) mass is 394 g/mol. The Labute approximate surface area is 157 Å². The second-order valence-corrected chi connectivity index (χ2v) is 7.86. The minimum absolute atomic E-state index is 0. The van der Waals surface area contributed by atoms with Crippen molar-refractivity contribution in [1.29, 1.82) is 0 Å². The summed E-state index contributed by atoms with van der Waals surface area (Å²) in [4.78, 5) is 15.3. The highest BCUT2D eigenvalue weighted by atomic mass is 35.5. The molecule has 0 spiro atoms. The Balaban J connectivity index is 0.00000192. The van der Waals surface area contributed by atoms with Crippen LogP contribution in [0.2, 0.25) is 10.0 Å². The Hall–Kier alpha value is -0.130. The molecule has 1 aromatic rings. The fourth-order valence-corrected chi connectivity index (χ4v) is 4.68. The van der Waals surface area contributed by atoms with Crippen molar-refractivity contribution in [2.75, 3.05) is 31.9 Å². The van der Waals surface area contributed by atoms with Crippen LogP contribution in [0, 0.1) is 11.8 Å². The summed E-state index contributed by atoms with van der Waals surface area (Å²) in [6.45, 7) is 3.98. The van der Waals surface area contributed by atoms with E-state index in [1.165, 1.54) is 11.8 Å². The molecule has 1 amide bonds. The molecule has 0 unspecified atom stereocenters. The second-order valence-electron chi connectivity index (χ2n) is 6.00. The minimum Gasteiger partial charge on any atom is -0.342 e. The number of hydrogen-bond acceptors (Lipinski definition) is 3. The number of rotatable bonds is 3. The molecule has 0 aromatic heterocycles. The maximum atomic E-state index is 12.5. The van der Waals surface area contributed by atoms with Gasteiger partial charge in [0.2, 0.25) is 5.91 Å². The first-order valence-electron chi connectivity index (χ1n) is 7.70. The minimum atomic E-state index is 0. The van der Waals surface area contributed by atoms with Crippen LogP contribution in [-0.4, -0.2) is 42.7 Å². The lowest BCUT2D eigenvalue weighted by Crippen LogP contribution is -2.34. The molecular formula is C16H21Cl3N2OS. The first-order chi connectivity index (χ1) is 10.6. The standard InChI is InChI=1S/C16H20Cl2N2OS.ClH/c17-13-1-2-14(18)15(7-13)22-10-16(21)20-5-3-11-8-19-9-12(11)4-6-20;/h1-2,7,11-12,19H,3-6,8-10H2;1H/t11-,12+;. The number of fused-ring (bicyclic) bond motifs is 1. The summed E-state index contributed by atoms with van der Waals surface area (Å²) in [5.74, 6) is 2.11. The molecule has 23 heavy (non-hydrogen) atoms. The molecule has 0 bridgehead atoms. The molecule has 0 radical (unpaired) electrons. The van der Waals surface area contributed by atoms with Crippen LogP contribution in [0.25, 0.3) is 0 Å². The van der Waals surface area contributed by atoms with Crippen molar-refractivity contribution < 1.29 is 4.79 Å². The molecule has 1 aromatic carbocycles. The first kappa shape index (κ1) is 19.2. The summed E-state index contributed by atoms with van der Waals surface area (Å²) >= 11 is 13.6. The highest BCUT2D eigenvalue weighted by molar-refractivity contribution is 8.00. The normalized spacial score (nSPS) is 23.8. The topological polar surface area (TPSA) is 32.3 Å². The van der Waals surface area contributed by atoms with Gasteiger partial charge in [-0.2, -0.15) is 0 Å². The molecular weight excluding hydrogens is 375 g/mol. The van der Waals surface area contributed by atoms with Gasteiger partial charge in [-0.05, 0) is 56.0 Å². The van der Waals surface area contributed by atoms with Crippen LogP contribution in [0.3, 0.4) is 0 Å². The van der Waals surface area contributed by atoms with E-state index in [-0.39, 0.29) is 18.3 Å². The molecule has 2 aliphatic heterocycles. The Morgan fingerprint density at radius 2 is 1.87 bits per heavy atom. The van der Waals surface area contributed by atoms with Crippen molar-refractivity contribution in [2.45, 2.75) is 17.7 Å². The molecule has 3 rings (SSSR count). The second kappa shape index (κ2) is 8.82. The van der Waals surface area contributed by atoms with Gasteiger partial charge in [-0.15, -0.1) is 24.2 Å². The molecule has 2 fully saturated rings. The van der Waals surface area contributed by atoms with E-state index in [1.54, 1.807) is 12.1 Å². The van der Waals surface area contributed by atoms with Crippen LogP contribution < -0.4 is 5.32 Å². The molecule has 7 heteroatoms. The maximum absolute atomic E-state index is 12.5. The molecule has 3 nitrogen and oxygen atoms in total. The Morgan fingerprint density at radius 3 is 2.52 bits per heavy atom. The molecule has 2 saturated heterocycles. The average molecular weight is 396 g/mol. The van der Waals surface area contributed by atoms with Gasteiger partial charge in [0.1, 0.15) is 0 Å². The first-order valence-corrected chi connectivity index (χ1v) is 9.44. The number of halogens is 3. The van der Waals surface area contributed by atoms with E-state index in [2.05, 4.69) is 5.32 Å². The summed E-state index contributed by atoms with van der Waals surface area (Å²) in [5.41, 5.74) is 0. The highest BCUT2D eigenvalue weighted by Crippen LogP contribution is 2.31. The summed E-state index contributed by atoms with van der Waals surface area (Å²) in [6.07, 6.45) is 2.23. The lowest BCUT2D eigenvalue weighted by molar-refractivity contribution is -0.128. The van der Waals surface area contributed by atoms with E-state index in [4.69, 9.17) is 23.2 Å². The lowest BCUT2D eigenvalue weighted by atomic mass is 9.92. The van der Waals surface area contributed by atoms with E-state index in [9.17, 15) is 4.79 Å². The third-order valence-electron chi connectivity index (χ3n) is 4.62. The number of likely N-dealkylation sites (tertiary alicyclic amines) is 1. The van der Waals surface area contributed by atoms with Gasteiger partial charge in [-0.25, -0.2) is 0 Å². The summed E-state index contributed by atoms with van der Waals surface area (Å²) in [6, 6.07) is 5.36. The van der Waals surface area contributed by atoms with E-state index >= 15 is 0 Å². The number of benzene rings is 1.